The number of halogens is 2. The van der Waals surface area contributed by atoms with Crippen molar-refractivity contribution in [3.8, 4) is 0 Å². The number of hydrogen-bond donors (Lipinski definition) is 0. The summed E-state index contributed by atoms with van der Waals surface area (Å²) < 4.78 is 0. The summed E-state index contributed by atoms with van der Waals surface area (Å²) in [5, 5.41) is 2.77. The van der Waals surface area contributed by atoms with E-state index in [9.17, 15) is 4.79 Å². The van der Waals surface area contributed by atoms with Gasteiger partial charge in [0.2, 0.25) is 5.78 Å². The molecular formula is C12H8Cl2OS. The van der Waals surface area contributed by atoms with Gasteiger partial charge in [0.25, 0.3) is 0 Å². The third-order valence-corrected chi connectivity index (χ3v) is 4.10. The normalized spacial score (nSPS) is 10.4. The van der Waals surface area contributed by atoms with Crippen molar-refractivity contribution in [2.45, 2.75) is 6.92 Å². The molecule has 1 nitrogen and oxygen atoms in total. The third kappa shape index (κ3) is 2.01. The van der Waals surface area contributed by atoms with Crippen LogP contribution in [0.4, 0.5) is 0 Å². The number of benzene rings is 1. The molecule has 0 fully saturated rings. The molecule has 0 aliphatic rings. The van der Waals surface area contributed by atoms with E-state index in [-0.39, 0.29) is 5.78 Å². The lowest BCUT2D eigenvalue weighted by molar-refractivity contribution is 0.104. The first-order chi connectivity index (χ1) is 7.61. The van der Waals surface area contributed by atoms with Crippen molar-refractivity contribution >= 4 is 40.3 Å². The Morgan fingerprint density at radius 3 is 2.62 bits per heavy atom. The van der Waals surface area contributed by atoms with Crippen LogP contribution in [0.5, 0.6) is 0 Å². The molecule has 0 N–H and O–H groups in total. The van der Waals surface area contributed by atoms with E-state index in [1.807, 2.05) is 19.1 Å². The smallest absolute Gasteiger partial charge is 0.205 e. The molecule has 0 aliphatic heterocycles. The van der Waals surface area contributed by atoms with Gasteiger partial charge in [-0.1, -0.05) is 35.3 Å². The summed E-state index contributed by atoms with van der Waals surface area (Å²) in [6.45, 7) is 1.87. The van der Waals surface area contributed by atoms with Gasteiger partial charge in [0.1, 0.15) is 0 Å². The Hall–Kier alpha value is -0.830. The minimum Gasteiger partial charge on any atom is -0.288 e. The van der Waals surface area contributed by atoms with Crippen LogP contribution in [-0.2, 0) is 0 Å². The number of rotatable bonds is 2. The Morgan fingerprint density at radius 1 is 1.25 bits per heavy atom. The van der Waals surface area contributed by atoms with Gasteiger partial charge in [-0.2, -0.15) is 0 Å². The first-order valence-corrected chi connectivity index (χ1v) is 6.27. The fourth-order valence-electron chi connectivity index (χ4n) is 1.40. The van der Waals surface area contributed by atoms with Gasteiger partial charge in [0.15, 0.2) is 0 Å². The van der Waals surface area contributed by atoms with E-state index in [0.717, 1.165) is 5.56 Å². The van der Waals surface area contributed by atoms with Crippen LogP contribution in [-0.4, -0.2) is 5.78 Å². The molecule has 2 aromatic rings. The molecule has 1 aromatic carbocycles. The molecule has 1 aromatic heterocycles. The molecular weight excluding hydrogens is 263 g/mol. The maximum absolute atomic E-state index is 12.1. The summed E-state index contributed by atoms with van der Waals surface area (Å²) in [4.78, 5) is 12.7. The predicted molar refractivity (Wildman–Crippen MR) is 69.0 cm³/mol. The third-order valence-electron chi connectivity index (χ3n) is 2.26. The topological polar surface area (TPSA) is 17.1 Å². The van der Waals surface area contributed by atoms with Crippen molar-refractivity contribution in [2.24, 2.45) is 0 Å². The van der Waals surface area contributed by atoms with E-state index in [1.54, 1.807) is 17.5 Å². The van der Waals surface area contributed by atoms with Crippen LogP contribution in [0.15, 0.2) is 29.6 Å². The maximum Gasteiger partial charge on any atom is 0.205 e. The quantitative estimate of drug-likeness (QED) is 0.730. The lowest BCUT2D eigenvalue weighted by Crippen LogP contribution is -2.01. The molecule has 2 rings (SSSR count). The van der Waals surface area contributed by atoms with Gasteiger partial charge >= 0.3 is 0 Å². The van der Waals surface area contributed by atoms with Gasteiger partial charge in [-0.3, -0.25) is 4.79 Å². The zero-order chi connectivity index (χ0) is 11.7. The maximum atomic E-state index is 12.1. The van der Waals surface area contributed by atoms with Crippen molar-refractivity contribution in [3.05, 3.63) is 55.7 Å². The highest BCUT2D eigenvalue weighted by Gasteiger charge is 2.17. The number of hydrogen-bond acceptors (Lipinski definition) is 2. The highest BCUT2D eigenvalue weighted by atomic mass is 35.5. The van der Waals surface area contributed by atoms with Crippen LogP contribution in [0.2, 0.25) is 10.0 Å². The number of carbonyl (C=O) groups is 1. The Balaban J connectivity index is 2.50. The van der Waals surface area contributed by atoms with Crippen LogP contribution >= 0.6 is 34.5 Å². The molecule has 1 heterocycles. The number of ketones is 1. The molecule has 0 atom stereocenters. The van der Waals surface area contributed by atoms with Gasteiger partial charge in [0.05, 0.1) is 14.9 Å². The SMILES string of the molecule is Cc1cccc(C(=O)c2sccc2Cl)c1Cl. The largest absolute Gasteiger partial charge is 0.288 e. The number of carbonyl (C=O) groups excluding carboxylic acids is 1. The molecule has 0 bridgehead atoms. The van der Waals surface area contributed by atoms with Crippen molar-refractivity contribution in [2.75, 3.05) is 0 Å². The minimum atomic E-state index is -0.117. The summed E-state index contributed by atoms with van der Waals surface area (Å²) in [5.74, 6) is -0.117. The lowest BCUT2D eigenvalue weighted by Gasteiger charge is -2.04. The summed E-state index contributed by atoms with van der Waals surface area (Å²) in [7, 11) is 0. The van der Waals surface area contributed by atoms with Crippen molar-refractivity contribution < 1.29 is 4.79 Å². The summed E-state index contributed by atoms with van der Waals surface area (Å²) in [6.07, 6.45) is 0. The summed E-state index contributed by atoms with van der Waals surface area (Å²) in [5.41, 5.74) is 1.39. The second kappa shape index (κ2) is 4.58. The van der Waals surface area contributed by atoms with E-state index in [4.69, 9.17) is 23.2 Å². The highest BCUT2D eigenvalue weighted by Crippen LogP contribution is 2.29. The van der Waals surface area contributed by atoms with Gasteiger partial charge in [-0.15, -0.1) is 11.3 Å². The van der Waals surface area contributed by atoms with E-state index in [2.05, 4.69) is 0 Å². The van der Waals surface area contributed by atoms with Crippen molar-refractivity contribution in [3.63, 3.8) is 0 Å². The Morgan fingerprint density at radius 2 is 2.00 bits per heavy atom. The summed E-state index contributed by atoms with van der Waals surface area (Å²) >= 11 is 13.3. The van der Waals surface area contributed by atoms with Gasteiger partial charge in [0, 0.05) is 5.56 Å². The lowest BCUT2D eigenvalue weighted by atomic mass is 10.1. The molecule has 82 valence electrons. The number of thiophene rings is 1. The molecule has 0 saturated carbocycles. The molecule has 4 heteroatoms. The molecule has 0 amide bonds. The monoisotopic (exact) mass is 270 g/mol. The van der Waals surface area contributed by atoms with Crippen LogP contribution in [0, 0.1) is 6.92 Å². The zero-order valence-electron chi connectivity index (χ0n) is 8.46. The average Bonchev–Trinajstić information content (AvgIpc) is 2.68. The van der Waals surface area contributed by atoms with E-state index in [1.165, 1.54) is 11.3 Å². The predicted octanol–water partition coefficient (Wildman–Crippen LogP) is 4.59. The van der Waals surface area contributed by atoms with Crippen LogP contribution < -0.4 is 0 Å². The second-order valence-corrected chi connectivity index (χ2v) is 5.06. The highest BCUT2D eigenvalue weighted by molar-refractivity contribution is 7.13. The number of aryl methyl sites for hydroxylation is 1. The fourth-order valence-corrected chi connectivity index (χ4v) is 2.71. The van der Waals surface area contributed by atoms with E-state index >= 15 is 0 Å². The second-order valence-electron chi connectivity index (χ2n) is 3.36. The van der Waals surface area contributed by atoms with Gasteiger partial charge in [-0.05, 0) is 30.0 Å². The molecule has 0 aliphatic carbocycles. The van der Waals surface area contributed by atoms with Crippen molar-refractivity contribution in [1.82, 2.24) is 0 Å². The zero-order valence-corrected chi connectivity index (χ0v) is 10.8. The standard InChI is InChI=1S/C12H8Cl2OS/c1-7-3-2-4-8(10(7)14)11(15)12-9(13)5-6-16-12/h2-6H,1H3. The molecule has 0 spiro atoms. The Kier molecular flexibility index (Phi) is 3.33. The Bertz CT molecular complexity index is 546. The molecule has 0 saturated heterocycles. The average molecular weight is 271 g/mol. The summed E-state index contributed by atoms with van der Waals surface area (Å²) in [6, 6.07) is 7.11. The van der Waals surface area contributed by atoms with Gasteiger partial charge in [-0.25, -0.2) is 0 Å². The minimum absolute atomic E-state index is 0.117. The first kappa shape index (κ1) is 11.6. The van der Waals surface area contributed by atoms with E-state index in [0.29, 0.717) is 20.5 Å². The van der Waals surface area contributed by atoms with Gasteiger partial charge < -0.3 is 0 Å². The van der Waals surface area contributed by atoms with Crippen LogP contribution in [0.1, 0.15) is 20.8 Å². The fraction of sp³-hybridized carbons (Fsp3) is 0.0833. The molecule has 0 unspecified atom stereocenters. The Labute approximate surface area is 108 Å². The van der Waals surface area contributed by atoms with Crippen LogP contribution in [0.3, 0.4) is 0 Å². The first-order valence-electron chi connectivity index (χ1n) is 4.64. The van der Waals surface area contributed by atoms with Crippen molar-refractivity contribution in [1.29, 1.82) is 0 Å². The molecule has 16 heavy (non-hydrogen) atoms. The van der Waals surface area contributed by atoms with E-state index < -0.39 is 0 Å². The molecule has 0 radical (unpaired) electrons. The van der Waals surface area contributed by atoms with Crippen LogP contribution in [0.25, 0.3) is 0 Å².